The summed E-state index contributed by atoms with van der Waals surface area (Å²) in [5.74, 6) is 0.0386. The highest BCUT2D eigenvalue weighted by atomic mass is 32.2. The van der Waals surface area contributed by atoms with E-state index in [0.717, 1.165) is 11.3 Å². The number of sulfonamides is 1. The lowest BCUT2D eigenvalue weighted by atomic mass is 10.2. The van der Waals surface area contributed by atoms with Crippen molar-refractivity contribution in [3.63, 3.8) is 0 Å². The van der Waals surface area contributed by atoms with Gasteiger partial charge in [0.2, 0.25) is 15.9 Å². The summed E-state index contributed by atoms with van der Waals surface area (Å²) in [5, 5.41) is 2.73. The number of nitrogens with one attached hydrogen (secondary N) is 1. The molecular weight excluding hydrogens is 352 g/mol. The van der Waals surface area contributed by atoms with Crippen LogP contribution in [0.15, 0.2) is 47.5 Å². The molecule has 3 rings (SSSR count). The molecule has 1 aliphatic heterocycles. The van der Waals surface area contributed by atoms with Gasteiger partial charge < -0.3 is 10.2 Å². The Hall–Kier alpha value is -2.45. The van der Waals surface area contributed by atoms with Crippen molar-refractivity contribution in [1.82, 2.24) is 14.6 Å². The van der Waals surface area contributed by atoms with Gasteiger partial charge in [0.15, 0.2) is 5.82 Å². The third-order valence-corrected chi connectivity index (χ3v) is 5.84. The Labute approximate surface area is 153 Å². The third-order valence-electron chi connectivity index (χ3n) is 4.04. The van der Waals surface area contributed by atoms with Gasteiger partial charge in [0, 0.05) is 17.9 Å². The monoisotopic (exact) mass is 374 g/mol. The molecule has 0 atom stereocenters. The number of nitrogens with zero attached hydrogens (tertiary/aromatic N) is 3. The minimum Gasteiger partial charge on any atom is -0.353 e. The van der Waals surface area contributed by atoms with Crippen LogP contribution < -0.4 is 10.2 Å². The van der Waals surface area contributed by atoms with Crippen LogP contribution in [0.4, 0.5) is 11.5 Å². The number of amides is 1. The topological polar surface area (TPSA) is 82.6 Å². The zero-order valence-corrected chi connectivity index (χ0v) is 15.8. The Morgan fingerprint density at radius 3 is 2.58 bits per heavy atom. The second-order valence-electron chi connectivity index (χ2n) is 6.57. The van der Waals surface area contributed by atoms with Gasteiger partial charge in [-0.1, -0.05) is 17.7 Å². The minimum atomic E-state index is -3.79. The minimum absolute atomic E-state index is 0.0287. The van der Waals surface area contributed by atoms with Crippen molar-refractivity contribution in [3.05, 3.63) is 48.2 Å². The fraction of sp³-hybridized carbons (Fsp3) is 0.333. The average molecular weight is 374 g/mol. The summed E-state index contributed by atoms with van der Waals surface area (Å²) >= 11 is 0. The number of fused-ring (bicyclic) bond motifs is 1. The van der Waals surface area contributed by atoms with Crippen LogP contribution in [0.1, 0.15) is 19.4 Å². The van der Waals surface area contributed by atoms with Crippen molar-refractivity contribution in [2.45, 2.75) is 31.7 Å². The quantitative estimate of drug-likeness (QED) is 0.885. The van der Waals surface area contributed by atoms with E-state index >= 15 is 0 Å². The Morgan fingerprint density at radius 1 is 1.23 bits per heavy atom. The van der Waals surface area contributed by atoms with Gasteiger partial charge in [-0.15, -0.1) is 0 Å². The molecule has 0 saturated heterocycles. The predicted molar refractivity (Wildman–Crippen MR) is 99.6 cm³/mol. The average Bonchev–Trinajstić information content (AvgIpc) is 2.58. The second-order valence-corrected chi connectivity index (χ2v) is 8.47. The van der Waals surface area contributed by atoms with Crippen molar-refractivity contribution in [2.24, 2.45) is 0 Å². The first-order valence-corrected chi connectivity index (χ1v) is 9.82. The first kappa shape index (κ1) is 18.3. The van der Waals surface area contributed by atoms with Gasteiger partial charge in [0.1, 0.15) is 4.90 Å². The van der Waals surface area contributed by atoms with Crippen molar-refractivity contribution >= 4 is 27.4 Å². The molecule has 7 nitrogen and oxygen atoms in total. The fourth-order valence-electron chi connectivity index (χ4n) is 2.82. The zero-order valence-electron chi connectivity index (χ0n) is 15.0. The highest BCUT2D eigenvalue weighted by molar-refractivity contribution is 7.89. The molecule has 138 valence electrons. The number of aryl methyl sites for hydroxylation is 1. The summed E-state index contributed by atoms with van der Waals surface area (Å²) in [5.41, 5.74) is 1.92. The lowest BCUT2D eigenvalue weighted by molar-refractivity contribution is -0.121. The number of hydrogen-bond acceptors (Lipinski definition) is 5. The molecule has 0 unspecified atom stereocenters. The molecule has 0 radical (unpaired) electrons. The molecular formula is C18H22N4O3S. The van der Waals surface area contributed by atoms with Crippen LogP contribution in [0.5, 0.6) is 0 Å². The van der Waals surface area contributed by atoms with Crippen molar-refractivity contribution in [2.75, 3.05) is 18.1 Å². The molecule has 1 amide bonds. The normalized spacial score (nSPS) is 16.4. The molecule has 1 aromatic heterocycles. The molecule has 0 bridgehead atoms. The van der Waals surface area contributed by atoms with Crippen LogP contribution in [0.25, 0.3) is 0 Å². The van der Waals surface area contributed by atoms with Crippen LogP contribution in [-0.2, 0) is 14.8 Å². The number of carbonyl (C=O) groups is 1. The molecule has 2 aromatic rings. The number of benzene rings is 1. The van der Waals surface area contributed by atoms with E-state index in [1.807, 2.05) is 45.0 Å². The van der Waals surface area contributed by atoms with E-state index in [4.69, 9.17) is 0 Å². The van der Waals surface area contributed by atoms with Crippen molar-refractivity contribution in [1.29, 1.82) is 0 Å². The number of rotatable bonds is 4. The van der Waals surface area contributed by atoms with E-state index in [1.165, 1.54) is 10.4 Å². The highest BCUT2D eigenvalue weighted by Gasteiger charge is 2.37. The van der Waals surface area contributed by atoms with Crippen LogP contribution in [0.2, 0.25) is 0 Å². The predicted octanol–water partition coefficient (Wildman–Crippen LogP) is 2.01. The fourth-order valence-corrected chi connectivity index (χ4v) is 4.29. The van der Waals surface area contributed by atoms with Crippen molar-refractivity contribution < 1.29 is 13.2 Å². The van der Waals surface area contributed by atoms with Gasteiger partial charge in [-0.3, -0.25) is 4.79 Å². The zero-order chi connectivity index (χ0) is 18.9. The molecule has 1 aliphatic rings. The van der Waals surface area contributed by atoms with E-state index < -0.39 is 10.0 Å². The maximum atomic E-state index is 12.9. The smallest absolute Gasteiger partial charge is 0.248 e. The van der Waals surface area contributed by atoms with E-state index in [0.29, 0.717) is 5.82 Å². The van der Waals surface area contributed by atoms with Crippen molar-refractivity contribution in [3.8, 4) is 0 Å². The highest BCUT2D eigenvalue weighted by Crippen LogP contribution is 2.35. The molecule has 1 N–H and O–H groups in total. The molecule has 0 spiro atoms. The largest absolute Gasteiger partial charge is 0.353 e. The number of hydrogen-bond donors (Lipinski definition) is 1. The van der Waals surface area contributed by atoms with Gasteiger partial charge >= 0.3 is 0 Å². The molecule has 0 saturated carbocycles. The Kier molecular flexibility index (Phi) is 4.97. The van der Waals surface area contributed by atoms with Crippen LogP contribution in [0, 0.1) is 6.92 Å². The third kappa shape index (κ3) is 3.56. The van der Waals surface area contributed by atoms with Gasteiger partial charge in [-0.05, 0) is 45.0 Å². The van der Waals surface area contributed by atoms with E-state index in [9.17, 15) is 13.2 Å². The Bertz CT molecular complexity index is 910. The lowest BCUT2D eigenvalue weighted by Crippen LogP contribution is -2.49. The SMILES string of the molecule is Cc1ccc(N2CN(CC(=O)NC(C)C)S(=O)(=O)c3cccnc32)cc1. The first-order chi connectivity index (χ1) is 12.3. The number of anilines is 2. The van der Waals surface area contributed by atoms with Crippen LogP contribution >= 0.6 is 0 Å². The summed E-state index contributed by atoms with van der Waals surface area (Å²) in [6, 6.07) is 10.8. The maximum Gasteiger partial charge on any atom is 0.248 e. The summed E-state index contributed by atoms with van der Waals surface area (Å²) in [4.78, 5) is 18.3. The number of pyridine rings is 1. The molecule has 26 heavy (non-hydrogen) atoms. The van der Waals surface area contributed by atoms with Gasteiger partial charge in [-0.2, -0.15) is 4.31 Å². The standard InChI is InChI=1S/C18H22N4O3S/c1-13(2)20-17(23)11-21-12-22(15-8-6-14(3)7-9-15)18-16(26(21,24)25)5-4-10-19-18/h4-10,13H,11-12H2,1-3H3,(H,20,23). The molecule has 1 aromatic carbocycles. The van der Waals surface area contributed by atoms with E-state index in [1.54, 1.807) is 17.2 Å². The van der Waals surface area contributed by atoms with E-state index in [-0.39, 0.29) is 30.1 Å². The summed E-state index contributed by atoms with van der Waals surface area (Å²) in [7, 11) is -3.79. The van der Waals surface area contributed by atoms with Gasteiger partial charge in [-0.25, -0.2) is 13.4 Å². The molecule has 2 heterocycles. The molecule has 8 heteroatoms. The Balaban J connectivity index is 2.01. The van der Waals surface area contributed by atoms with Gasteiger partial charge in [0.05, 0.1) is 13.2 Å². The van der Waals surface area contributed by atoms with Crippen LogP contribution in [-0.4, -0.2) is 42.9 Å². The molecule has 0 fully saturated rings. The summed E-state index contributed by atoms with van der Waals surface area (Å²) < 4.78 is 27.0. The van der Waals surface area contributed by atoms with Gasteiger partial charge in [0.25, 0.3) is 0 Å². The van der Waals surface area contributed by atoms with Crippen LogP contribution in [0.3, 0.4) is 0 Å². The van der Waals surface area contributed by atoms with E-state index in [2.05, 4.69) is 10.3 Å². The lowest BCUT2D eigenvalue weighted by Gasteiger charge is -2.36. The summed E-state index contributed by atoms with van der Waals surface area (Å²) in [6.07, 6.45) is 1.57. The Morgan fingerprint density at radius 2 is 1.92 bits per heavy atom. The first-order valence-electron chi connectivity index (χ1n) is 8.38. The summed E-state index contributed by atoms with van der Waals surface area (Å²) in [6.45, 7) is 5.44. The number of aromatic nitrogens is 1. The maximum absolute atomic E-state index is 12.9. The number of carbonyl (C=O) groups excluding carboxylic acids is 1. The molecule has 0 aliphatic carbocycles. The second kappa shape index (κ2) is 7.05.